The summed E-state index contributed by atoms with van der Waals surface area (Å²) in [7, 11) is 1.38. The summed E-state index contributed by atoms with van der Waals surface area (Å²) in [5, 5.41) is 2.80. The van der Waals surface area contributed by atoms with Crippen molar-refractivity contribution in [1.82, 2.24) is 0 Å². The number of anilines is 1. The number of amides is 1. The first-order valence-corrected chi connectivity index (χ1v) is 6.27. The summed E-state index contributed by atoms with van der Waals surface area (Å²) < 4.78 is 10.1. The highest BCUT2D eigenvalue weighted by Gasteiger charge is 2.23. The van der Waals surface area contributed by atoms with Gasteiger partial charge < -0.3 is 14.8 Å². The maximum atomic E-state index is 11.5. The Bertz CT molecular complexity index is 498. The van der Waals surface area contributed by atoms with Crippen molar-refractivity contribution in [3.63, 3.8) is 0 Å². The normalized spacial score (nSPS) is 17.2. The van der Waals surface area contributed by atoms with E-state index in [1.807, 2.05) is 18.2 Å². The SMILES string of the molecule is COC(=O)CCCc1ccc2c(c1)NC(=O)C(C)O2. The van der Waals surface area contributed by atoms with Gasteiger partial charge in [-0.15, -0.1) is 0 Å². The molecule has 1 aliphatic rings. The molecule has 1 aromatic rings. The topological polar surface area (TPSA) is 64.6 Å². The molecule has 0 saturated carbocycles. The first kappa shape index (κ1) is 13.4. The Balaban J connectivity index is 1.99. The summed E-state index contributed by atoms with van der Waals surface area (Å²) in [4.78, 5) is 22.5. The third kappa shape index (κ3) is 3.24. The van der Waals surface area contributed by atoms with Gasteiger partial charge in [0.25, 0.3) is 5.91 Å². The van der Waals surface area contributed by atoms with E-state index in [0.717, 1.165) is 18.4 Å². The van der Waals surface area contributed by atoms with Gasteiger partial charge in [0.2, 0.25) is 0 Å². The second-order valence-electron chi connectivity index (χ2n) is 4.51. The standard InChI is InChI=1S/C14H17NO4/c1-9-14(17)15-11-8-10(6-7-12(11)19-9)4-3-5-13(16)18-2/h6-9H,3-5H2,1-2H3,(H,15,17). The molecule has 1 heterocycles. The number of rotatable bonds is 4. The lowest BCUT2D eigenvalue weighted by Crippen LogP contribution is -2.34. The van der Waals surface area contributed by atoms with E-state index in [4.69, 9.17) is 4.74 Å². The van der Waals surface area contributed by atoms with Crippen molar-refractivity contribution in [2.45, 2.75) is 32.3 Å². The molecule has 1 unspecified atom stereocenters. The third-order valence-corrected chi connectivity index (χ3v) is 3.05. The zero-order chi connectivity index (χ0) is 13.8. The van der Waals surface area contributed by atoms with E-state index in [-0.39, 0.29) is 11.9 Å². The number of carbonyl (C=O) groups is 2. The molecule has 5 nitrogen and oxygen atoms in total. The zero-order valence-corrected chi connectivity index (χ0v) is 11.1. The Morgan fingerprint density at radius 1 is 1.47 bits per heavy atom. The maximum absolute atomic E-state index is 11.5. The van der Waals surface area contributed by atoms with Crippen LogP contribution < -0.4 is 10.1 Å². The van der Waals surface area contributed by atoms with Crippen LogP contribution in [0, 0.1) is 0 Å². The Hall–Kier alpha value is -2.04. The number of hydrogen-bond donors (Lipinski definition) is 1. The largest absolute Gasteiger partial charge is 0.479 e. The molecular formula is C14H17NO4. The van der Waals surface area contributed by atoms with Crippen molar-refractivity contribution in [3.05, 3.63) is 23.8 Å². The molecule has 1 aliphatic heterocycles. The summed E-state index contributed by atoms with van der Waals surface area (Å²) in [5.41, 5.74) is 1.75. The summed E-state index contributed by atoms with van der Waals surface area (Å²) in [6.07, 6.45) is 1.41. The number of benzene rings is 1. The van der Waals surface area contributed by atoms with Gasteiger partial charge in [0.15, 0.2) is 6.10 Å². The van der Waals surface area contributed by atoms with E-state index in [9.17, 15) is 9.59 Å². The minimum Gasteiger partial charge on any atom is -0.479 e. The van der Waals surface area contributed by atoms with Gasteiger partial charge >= 0.3 is 5.97 Å². The van der Waals surface area contributed by atoms with Crippen molar-refractivity contribution in [2.24, 2.45) is 0 Å². The minimum atomic E-state index is -0.460. The molecule has 102 valence electrons. The molecule has 0 aromatic heterocycles. The monoisotopic (exact) mass is 263 g/mol. The van der Waals surface area contributed by atoms with Gasteiger partial charge in [-0.1, -0.05) is 6.07 Å². The first-order valence-electron chi connectivity index (χ1n) is 6.27. The summed E-state index contributed by atoms with van der Waals surface area (Å²) in [6, 6.07) is 5.68. The second-order valence-corrected chi connectivity index (χ2v) is 4.51. The lowest BCUT2D eigenvalue weighted by Gasteiger charge is -2.23. The summed E-state index contributed by atoms with van der Waals surface area (Å²) >= 11 is 0. The molecule has 1 atom stereocenters. The predicted molar refractivity (Wildman–Crippen MR) is 70.1 cm³/mol. The van der Waals surface area contributed by atoms with Crippen LogP contribution in [0.1, 0.15) is 25.3 Å². The third-order valence-electron chi connectivity index (χ3n) is 3.05. The Morgan fingerprint density at radius 3 is 3.00 bits per heavy atom. The Labute approximate surface area is 111 Å². The van der Waals surface area contributed by atoms with E-state index >= 15 is 0 Å². The quantitative estimate of drug-likeness (QED) is 0.843. The van der Waals surface area contributed by atoms with E-state index in [0.29, 0.717) is 17.9 Å². The van der Waals surface area contributed by atoms with Gasteiger partial charge in [-0.05, 0) is 37.5 Å². The van der Waals surface area contributed by atoms with Crippen LogP contribution in [0.2, 0.25) is 0 Å². The van der Waals surface area contributed by atoms with E-state index in [1.165, 1.54) is 7.11 Å². The molecule has 1 N–H and O–H groups in total. The van der Waals surface area contributed by atoms with Crippen molar-refractivity contribution < 1.29 is 19.1 Å². The Morgan fingerprint density at radius 2 is 2.26 bits per heavy atom. The molecule has 1 aromatic carbocycles. The van der Waals surface area contributed by atoms with Gasteiger partial charge in [-0.2, -0.15) is 0 Å². The fourth-order valence-corrected chi connectivity index (χ4v) is 1.95. The fourth-order valence-electron chi connectivity index (χ4n) is 1.95. The van der Waals surface area contributed by atoms with Crippen LogP contribution in [0.15, 0.2) is 18.2 Å². The Kier molecular flexibility index (Phi) is 4.04. The van der Waals surface area contributed by atoms with Crippen LogP contribution in [-0.4, -0.2) is 25.1 Å². The van der Waals surface area contributed by atoms with E-state index in [1.54, 1.807) is 6.92 Å². The molecule has 19 heavy (non-hydrogen) atoms. The number of hydrogen-bond acceptors (Lipinski definition) is 4. The molecule has 0 fully saturated rings. The maximum Gasteiger partial charge on any atom is 0.305 e. The lowest BCUT2D eigenvalue weighted by molar-refractivity contribution is -0.140. The smallest absolute Gasteiger partial charge is 0.305 e. The fraction of sp³-hybridized carbons (Fsp3) is 0.429. The number of carbonyl (C=O) groups excluding carboxylic acids is 2. The first-order chi connectivity index (χ1) is 9.10. The van der Waals surface area contributed by atoms with E-state index < -0.39 is 6.10 Å². The van der Waals surface area contributed by atoms with Crippen molar-refractivity contribution in [1.29, 1.82) is 0 Å². The summed E-state index contributed by atoms with van der Waals surface area (Å²) in [6.45, 7) is 1.71. The molecule has 0 spiro atoms. The molecule has 5 heteroatoms. The number of methoxy groups -OCH3 is 1. The minimum absolute atomic E-state index is 0.140. The average molecular weight is 263 g/mol. The van der Waals surface area contributed by atoms with Crippen molar-refractivity contribution in [2.75, 3.05) is 12.4 Å². The highest BCUT2D eigenvalue weighted by atomic mass is 16.5. The molecule has 0 aliphatic carbocycles. The van der Waals surface area contributed by atoms with Crippen LogP contribution in [0.4, 0.5) is 5.69 Å². The molecule has 0 saturated heterocycles. The molecular weight excluding hydrogens is 246 g/mol. The van der Waals surface area contributed by atoms with Crippen molar-refractivity contribution in [3.8, 4) is 5.75 Å². The van der Waals surface area contributed by atoms with Gasteiger partial charge in [-0.3, -0.25) is 9.59 Å². The van der Waals surface area contributed by atoms with Gasteiger partial charge in [-0.25, -0.2) is 0 Å². The average Bonchev–Trinajstić information content (AvgIpc) is 2.40. The van der Waals surface area contributed by atoms with Crippen LogP contribution >= 0.6 is 0 Å². The number of fused-ring (bicyclic) bond motifs is 1. The van der Waals surface area contributed by atoms with Gasteiger partial charge in [0.05, 0.1) is 12.8 Å². The number of nitrogens with one attached hydrogen (secondary N) is 1. The molecule has 1 amide bonds. The molecule has 2 rings (SSSR count). The summed E-state index contributed by atoms with van der Waals surface area (Å²) in [5.74, 6) is 0.339. The molecule has 0 bridgehead atoms. The number of ether oxygens (including phenoxy) is 2. The van der Waals surface area contributed by atoms with Crippen LogP contribution in [-0.2, 0) is 20.7 Å². The zero-order valence-electron chi connectivity index (χ0n) is 11.1. The highest BCUT2D eigenvalue weighted by Crippen LogP contribution is 2.30. The molecule has 0 radical (unpaired) electrons. The predicted octanol–water partition coefficient (Wildman–Crippen LogP) is 1.90. The van der Waals surface area contributed by atoms with Gasteiger partial charge in [0, 0.05) is 6.42 Å². The number of aryl methyl sites for hydroxylation is 1. The van der Waals surface area contributed by atoms with E-state index in [2.05, 4.69) is 10.1 Å². The van der Waals surface area contributed by atoms with Crippen LogP contribution in [0.3, 0.4) is 0 Å². The van der Waals surface area contributed by atoms with Crippen LogP contribution in [0.5, 0.6) is 5.75 Å². The van der Waals surface area contributed by atoms with Gasteiger partial charge in [0.1, 0.15) is 5.75 Å². The lowest BCUT2D eigenvalue weighted by atomic mass is 10.1. The second kappa shape index (κ2) is 5.73. The number of esters is 1. The van der Waals surface area contributed by atoms with Crippen LogP contribution in [0.25, 0.3) is 0 Å². The highest BCUT2D eigenvalue weighted by molar-refractivity contribution is 5.97. The van der Waals surface area contributed by atoms with Crippen molar-refractivity contribution >= 4 is 17.6 Å².